The van der Waals surface area contributed by atoms with Crippen LogP contribution in [0.25, 0.3) is 17.0 Å². The minimum Gasteiger partial charge on any atom is -0.491 e. The lowest BCUT2D eigenvalue weighted by atomic mass is 9.98. The van der Waals surface area contributed by atoms with E-state index in [2.05, 4.69) is 46.7 Å². The van der Waals surface area contributed by atoms with Crippen LogP contribution in [0.1, 0.15) is 48.4 Å². The number of benzene rings is 3. The second-order valence-corrected chi connectivity index (χ2v) is 11.2. The molecule has 0 spiro atoms. The first-order valence-electron chi connectivity index (χ1n) is 13.8. The zero-order valence-electron chi connectivity index (χ0n) is 23.3. The predicted octanol–water partition coefficient (Wildman–Crippen LogP) is 7.21. The summed E-state index contributed by atoms with van der Waals surface area (Å²) < 4.78 is 8.38. The highest BCUT2D eigenvalue weighted by Gasteiger charge is 2.36. The van der Waals surface area contributed by atoms with Crippen molar-refractivity contribution in [2.24, 2.45) is 10.1 Å². The van der Waals surface area contributed by atoms with E-state index < -0.39 is 5.91 Å². The SMILES string of the molecule is CCC(C)c1ccccc1OCCn1cc(/C=C2/C(=N)N3N=C(c4ccc(C)cc4)SC3=NC2=O)c2ccccc21. The van der Waals surface area contributed by atoms with Crippen molar-refractivity contribution in [2.45, 2.75) is 39.7 Å². The molecule has 3 heterocycles. The summed E-state index contributed by atoms with van der Waals surface area (Å²) in [5, 5.41) is 17.0. The lowest BCUT2D eigenvalue weighted by molar-refractivity contribution is -0.114. The number of aliphatic imine (C=N–C) groups is 1. The molecule has 0 radical (unpaired) electrons. The molecular weight excluding hydrogens is 530 g/mol. The molecule has 41 heavy (non-hydrogen) atoms. The van der Waals surface area contributed by atoms with Crippen molar-refractivity contribution < 1.29 is 9.53 Å². The number of carbonyl (C=O) groups excluding carboxylic acids is 1. The van der Waals surface area contributed by atoms with Gasteiger partial charge >= 0.3 is 0 Å². The molecule has 0 fully saturated rings. The summed E-state index contributed by atoms with van der Waals surface area (Å²) in [5.41, 5.74) is 5.41. The van der Waals surface area contributed by atoms with Crippen LogP contribution in [0.3, 0.4) is 0 Å². The number of aryl methyl sites for hydroxylation is 1. The van der Waals surface area contributed by atoms with Crippen LogP contribution < -0.4 is 4.74 Å². The Morgan fingerprint density at radius 3 is 2.61 bits per heavy atom. The van der Waals surface area contributed by atoms with Crippen molar-refractivity contribution in [3.8, 4) is 5.75 Å². The molecular formula is C33H31N5O2S. The van der Waals surface area contributed by atoms with E-state index in [0.717, 1.165) is 39.8 Å². The molecule has 8 heteroatoms. The smallest absolute Gasteiger partial charge is 0.283 e. The number of hydrazone groups is 1. The maximum absolute atomic E-state index is 13.1. The highest BCUT2D eigenvalue weighted by atomic mass is 32.2. The zero-order chi connectivity index (χ0) is 28.5. The second kappa shape index (κ2) is 11.2. The van der Waals surface area contributed by atoms with E-state index in [0.29, 0.717) is 29.3 Å². The Labute approximate surface area is 243 Å². The molecule has 2 aliphatic heterocycles. The van der Waals surface area contributed by atoms with Crippen molar-refractivity contribution in [1.29, 1.82) is 5.41 Å². The lowest BCUT2D eigenvalue weighted by Crippen LogP contribution is -2.35. The minimum absolute atomic E-state index is 0.0245. The van der Waals surface area contributed by atoms with Crippen LogP contribution >= 0.6 is 11.8 Å². The first-order valence-corrected chi connectivity index (χ1v) is 14.6. The number of para-hydroxylation sites is 2. The summed E-state index contributed by atoms with van der Waals surface area (Å²) in [7, 11) is 0. The quantitative estimate of drug-likeness (QED) is 0.231. The summed E-state index contributed by atoms with van der Waals surface area (Å²) in [4.78, 5) is 17.4. The van der Waals surface area contributed by atoms with Crippen molar-refractivity contribution >= 4 is 50.7 Å². The van der Waals surface area contributed by atoms with Gasteiger partial charge in [0.1, 0.15) is 17.4 Å². The van der Waals surface area contributed by atoms with Crippen LogP contribution in [0.5, 0.6) is 5.75 Å². The highest BCUT2D eigenvalue weighted by Crippen LogP contribution is 2.33. The van der Waals surface area contributed by atoms with Gasteiger partial charge in [-0.2, -0.15) is 15.1 Å². The van der Waals surface area contributed by atoms with Crippen LogP contribution in [0.2, 0.25) is 0 Å². The number of fused-ring (bicyclic) bond motifs is 2. The van der Waals surface area contributed by atoms with Gasteiger partial charge in [0, 0.05) is 28.2 Å². The van der Waals surface area contributed by atoms with Crippen LogP contribution in [0.15, 0.2) is 94.7 Å². The molecule has 6 rings (SSSR count). The third kappa shape index (κ3) is 5.23. The monoisotopic (exact) mass is 561 g/mol. The van der Waals surface area contributed by atoms with Gasteiger partial charge in [0.05, 0.1) is 12.1 Å². The molecule has 0 saturated carbocycles. The van der Waals surface area contributed by atoms with Crippen LogP contribution in [0, 0.1) is 12.3 Å². The van der Waals surface area contributed by atoms with Gasteiger partial charge < -0.3 is 9.30 Å². The molecule has 0 saturated heterocycles. The molecule has 1 unspecified atom stereocenters. The fraction of sp³-hybridized carbons (Fsp3) is 0.212. The summed E-state index contributed by atoms with van der Waals surface area (Å²) >= 11 is 1.31. The Bertz CT molecular complexity index is 1750. The molecule has 1 N–H and O–H groups in total. The van der Waals surface area contributed by atoms with Crippen LogP contribution in [-0.4, -0.2) is 38.1 Å². The van der Waals surface area contributed by atoms with Crippen molar-refractivity contribution in [2.75, 3.05) is 6.61 Å². The minimum atomic E-state index is -0.434. The summed E-state index contributed by atoms with van der Waals surface area (Å²) in [6.45, 7) is 7.58. The third-order valence-electron chi connectivity index (χ3n) is 7.52. The van der Waals surface area contributed by atoms with Gasteiger partial charge in [-0.05, 0) is 54.8 Å². The number of ether oxygens (including phenoxy) is 1. The average molecular weight is 562 g/mol. The van der Waals surface area contributed by atoms with E-state index in [-0.39, 0.29) is 11.4 Å². The highest BCUT2D eigenvalue weighted by molar-refractivity contribution is 8.27. The topological polar surface area (TPSA) is 83.0 Å². The van der Waals surface area contributed by atoms with E-state index in [1.807, 2.05) is 67.7 Å². The molecule has 1 atom stereocenters. The van der Waals surface area contributed by atoms with E-state index in [9.17, 15) is 4.79 Å². The van der Waals surface area contributed by atoms with Crippen molar-refractivity contribution in [3.05, 3.63) is 107 Å². The fourth-order valence-electron chi connectivity index (χ4n) is 5.03. The zero-order valence-corrected chi connectivity index (χ0v) is 24.1. The molecule has 7 nitrogen and oxygen atoms in total. The number of amidine groups is 2. The number of nitrogens with zero attached hydrogens (tertiary/aromatic N) is 4. The van der Waals surface area contributed by atoms with Gasteiger partial charge in [-0.3, -0.25) is 10.2 Å². The van der Waals surface area contributed by atoms with Crippen molar-refractivity contribution in [3.63, 3.8) is 0 Å². The van der Waals surface area contributed by atoms with Crippen LogP contribution in [-0.2, 0) is 11.3 Å². The third-order valence-corrected chi connectivity index (χ3v) is 8.48. The van der Waals surface area contributed by atoms with E-state index in [4.69, 9.17) is 10.1 Å². The molecule has 1 amide bonds. The number of aromatic nitrogens is 1. The Hall–Kier alpha value is -4.43. The van der Waals surface area contributed by atoms with Gasteiger partial charge in [0.15, 0.2) is 5.84 Å². The number of nitrogens with one attached hydrogen (secondary N) is 1. The van der Waals surface area contributed by atoms with Gasteiger partial charge in [-0.1, -0.05) is 80.1 Å². The Kier molecular flexibility index (Phi) is 7.32. The van der Waals surface area contributed by atoms with Gasteiger partial charge in [0.2, 0.25) is 5.17 Å². The number of amides is 1. The number of thioether (sulfide) groups is 1. The molecule has 2 aliphatic rings. The van der Waals surface area contributed by atoms with Gasteiger partial charge in [-0.25, -0.2) is 0 Å². The number of carbonyl (C=O) groups is 1. The second-order valence-electron chi connectivity index (χ2n) is 10.3. The Morgan fingerprint density at radius 1 is 1.05 bits per heavy atom. The van der Waals surface area contributed by atoms with Gasteiger partial charge in [-0.15, -0.1) is 0 Å². The Balaban J connectivity index is 1.26. The van der Waals surface area contributed by atoms with Crippen molar-refractivity contribution in [1.82, 2.24) is 9.58 Å². The van der Waals surface area contributed by atoms with E-state index >= 15 is 0 Å². The van der Waals surface area contributed by atoms with Crippen LogP contribution in [0.4, 0.5) is 0 Å². The van der Waals surface area contributed by atoms with E-state index in [1.54, 1.807) is 6.08 Å². The standard InChI is InChI=1S/C33H31N5O2S/c1-4-22(3)25-9-6-8-12-29(25)40-18-17-37-20-24(26-10-5-7-11-28(26)37)19-27-30(34)38-33(35-31(27)39)41-32(36-38)23-15-13-21(2)14-16-23/h5-16,19-20,22,34H,4,17-18H2,1-3H3/b27-19-,34-30?. The molecule has 1 aromatic heterocycles. The average Bonchev–Trinajstić information content (AvgIpc) is 3.57. The number of hydrogen-bond acceptors (Lipinski definition) is 5. The predicted molar refractivity (Wildman–Crippen MR) is 168 cm³/mol. The number of hydrogen-bond donors (Lipinski definition) is 1. The first-order chi connectivity index (χ1) is 19.9. The van der Waals surface area contributed by atoms with Gasteiger partial charge in [0.25, 0.3) is 5.91 Å². The maximum atomic E-state index is 13.1. The van der Waals surface area contributed by atoms with E-state index in [1.165, 1.54) is 22.3 Å². The Morgan fingerprint density at radius 2 is 1.80 bits per heavy atom. The number of rotatable bonds is 8. The largest absolute Gasteiger partial charge is 0.491 e. The molecule has 0 bridgehead atoms. The first kappa shape index (κ1) is 26.8. The lowest BCUT2D eigenvalue weighted by Gasteiger charge is -2.20. The molecule has 206 valence electrons. The summed E-state index contributed by atoms with van der Waals surface area (Å²) in [6, 6.07) is 24.3. The summed E-state index contributed by atoms with van der Waals surface area (Å²) in [5.74, 6) is 0.937. The normalized spacial score (nSPS) is 16.7. The molecule has 4 aromatic rings. The summed E-state index contributed by atoms with van der Waals surface area (Å²) in [6.07, 6.45) is 4.82. The maximum Gasteiger partial charge on any atom is 0.283 e. The fourth-order valence-corrected chi connectivity index (χ4v) is 5.93. The molecule has 3 aromatic carbocycles. The molecule has 0 aliphatic carbocycles.